The van der Waals surface area contributed by atoms with Crippen LogP contribution in [0.15, 0.2) is 0 Å². The summed E-state index contributed by atoms with van der Waals surface area (Å²) in [5, 5.41) is 33.9. The van der Waals surface area contributed by atoms with E-state index >= 15 is 0 Å². The fourth-order valence-corrected chi connectivity index (χ4v) is 2.50. The summed E-state index contributed by atoms with van der Waals surface area (Å²) in [5.74, 6) is -5.50. The van der Waals surface area contributed by atoms with Gasteiger partial charge in [-0.05, 0) is 12.3 Å². The van der Waals surface area contributed by atoms with Gasteiger partial charge in [-0.1, -0.05) is 20.3 Å². The van der Waals surface area contributed by atoms with Gasteiger partial charge < -0.3 is 37.0 Å². The van der Waals surface area contributed by atoms with Crippen molar-refractivity contribution in [3.8, 4) is 0 Å². The molecule has 3 amide bonds. The minimum absolute atomic E-state index is 0.165. The molecule has 0 bridgehead atoms. The molecule has 12 nitrogen and oxygen atoms in total. The van der Waals surface area contributed by atoms with Crippen LogP contribution in [0.5, 0.6) is 0 Å². The second kappa shape index (κ2) is 13.8. The van der Waals surface area contributed by atoms with E-state index in [0.717, 1.165) is 0 Å². The zero-order valence-corrected chi connectivity index (χ0v) is 17.7. The van der Waals surface area contributed by atoms with E-state index < -0.39 is 66.9 Å². The first-order chi connectivity index (χ1) is 14.0. The molecule has 0 saturated heterocycles. The van der Waals surface area contributed by atoms with Crippen molar-refractivity contribution in [3.63, 3.8) is 0 Å². The Labute approximate surface area is 179 Å². The van der Waals surface area contributed by atoms with Crippen molar-refractivity contribution in [2.75, 3.05) is 12.4 Å². The van der Waals surface area contributed by atoms with Gasteiger partial charge in [0.2, 0.25) is 17.7 Å². The molecule has 0 aliphatic carbocycles. The van der Waals surface area contributed by atoms with Gasteiger partial charge in [-0.15, -0.1) is 0 Å². The lowest BCUT2D eigenvalue weighted by Gasteiger charge is -2.24. The van der Waals surface area contributed by atoms with Gasteiger partial charge in [-0.2, -0.15) is 12.6 Å². The Morgan fingerprint density at radius 2 is 1.43 bits per heavy atom. The van der Waals surface area contributed by atoms with Crippen LogP contribution in [0.2, 0.25) is 0 Å². The normalized spacial score (nSPS) is 15.8. The van der Waals surface area contributed by atoms with Crippen molar-refractivity contribution in [3.05, 3.63) is 0 Å². The number of hydrogen-bond donors (Lipinski definition) is 8. The Hall–Kier alpha value is -2.38. The third kappa shape index (κ3) is 9.41. The van der Waals surface area contributed by atoms with Crippen LogP contribution in [0.1, 0.15) is 33.1 Å². The van der Waals surface area contributed by atoms with Gasteiger partial charge >= 0.3 is 11.9 Å². The van der Waals surface area contributed by atoms with Gasteiger partial charge in [-0.3, -0.25) is 19.2 Å². The maximum atomic E-state index is 12.3. The molecule has 0 radical (unpaired) electrons. The van der Waals surface area contributed by atoms with Gasteiger partial charge in [0.05, 0.1) is 12.6 Å². The van der Waals surface area contributed by atoms with Crippen LogP contribution in [0, 0.1) is 5.92 Å². The number of hydrogen-bond acceptors (Lipinski definition) is 8. The van der Waals surface area contributed by atoms with E-state index in [1.165, 1.54) is 0 Å². The molecule has 30 heavy (non-hydrogen) atoms. The standard InChI is InChI=1S/C17H30N4O8S/c1-3-8(2)13(18)16(27)20-10(6-22)14(25)21-11(7-30)15(26)19-9(17(28)29)4-5-12(23)24/h8-11,13,22,30H,3-7,18H2,1-2H3,(H,19,26)(H,20,27)(H,21,25)(H,23,24)(H,28,29). The number of carbonyl (C=O) groups is 5. The number of aliphatic hydroxyl groups excluding tert-OH is 1. The van der Waals surface area contributed by atoms with Crippen LogP contribution in [-0.2, 0) is 24.0 Å². The first kappa shape index (κ1) is 27.6. The van der Waals surface area contributed by atoms with Crippen molar-refractivity contribution in [1.82, 2.24) is 16.0 Å². The first-order valence-electron chi connectivity index (χ1n) is 9.31. The zero-order valence-electron chi connectivity index (χ0n) is 16.8. The zero-order chi connectivity index (χ0) is 23.4. The summed E-state index contributed by atoms with van der Waals surface area (Å²) in [6.45, 7) is 2.83. The summed E-state index contributed by atoms with van der Waals surface area (Å²) in [6, 6.07) is -5.05. The summed E-state index contributed by atoms with van der Waals surface area (Å²) < 4.78 is 0. The smallest absolute Gasteiger partial charge is 0.326 e. The molecule has 0 aliphatic heterocycles. The van der Waals surface area contributed by atoms with Crippen LogP contribution < -0.4 is 21.7 Å². The third-order valence-electron chi connectivity index (χ3n) is 4.45. The van der Waals surface area contributed by atoms with Crippen LogP contribution in [0.25, 0.3) is 0 Å². The molecule has 0 heterocycles. The SMILES string of the molecule is CCC(C)C(N)C(=O)NC(CO)C(=O)NC(CS)C(=O)NC(CCC(=O)O)C(=O)O. The van der Waals surface area contributed by atoms with Crippen molar-refractivity contribution in [2.45, 2.75) is 57.3 Å². The number of carbonyl (C=O) groups excluding carboxylic acids is 3. The van der Waals surface area contributed by atoms with Crippen molar-refractivity contribution < 1.29 is 39.3 Å². The largest absolute Gasteiger partial charge is 0.481 e. The molecule has 172 valence electrons. The second-order valence-corrected chi connectivity index (χ2v) is 7.10. The maximum Gasteiger partial charge on any atom is 0.326 e. The van der Waals surface area contributed by atoms with E-state index in [2.05, 4.69) is 28.6 Å². The lowest BCUT2D eigenvalue weighted by Crippen LogP contribution is -2.59. The average molecular weight is 451 g/mol. The number of thiol groups is 1. The number of aliphatic carboxylic acids is 2. The van der Waals surface area contributed by atoms with Crippen LogP contribution in [-0.4, -0.2) is 81.5 Å². The van der Waals surface area contributed by atoms with E-state index in [4.69, 9.17) is 15.9 Å². The topological polar surface area (TPSA) is 208 Å². The van der Waals surface area contributed by atoms with Gasteiger partial charge in [0, 0.05) is 12.2 Å². The Kier molecular flexibility index (Phi) is 12.7. The third-order valence-corrected chi connectivity index (χ3v) is 4.82. The van der Waals surface area contributed by atoms with Crippen molar-refractivity contribution in [1.29, 1.82) is 0 Å². The van der Waals surface area contributed by atoms with Crippen LogP contribution in [0.3, 0.4) is 0 Å². The van der Waals surface area contributed by atoms with Gasteiger partial charge in [0.25, 0.3) is 0 Å². The molecular formula is C17H30N4O8S. The number of carboxylic acids is 2. The highest BCUT2D eigenvalue weighted by atomic mass is 32.1. The molecule has 0 aliphatic rings. The fraction of sp³-hybridized carbons (Fsp3) is 0.706. The predicted molar refractivity (Wildman–Crippen MR) is 109 cm³/mol. The predicted octanol–water partition coefficient (Wildman–Crippen LogP) is -2.31. The molecule has 0 rings (SSSR count). The summed E-state index contributed by atoms with van der Waals surface area (Å²) in [5.41, 5.74) is 5.78. The van der Waals surface area contributed by atoms with Gasteiger partial charge in [0.1, 0.15) is 18.1 Å². The Balaban J connectivity index is 5.03. The summed E-state index contributed by atoms with van der Waals surface area (Å²) in [4.78, 5) is 58.6. The molecular weight excluding hydrogens is 420 g/mol. The molecule has 8 N–H and O–H groups in total. The van der Waals surface area contributed by atoms with Gasteiger partial charge in [0.15, 0.2) is 0 Å². The lowest BCUT2D eigenvalue weighted by atomic mass is 9.99. The van der Waals surface area contributed by atoms with Crippen molar-refractivity contribution in [2.24, 2.45) is 11.7 Å². The van der Waals surface area contributed by atoms with E-state index in [-0.39, 0.29) is 18.1 Å². The Morgan fingerprint density at radius 1 is 0.933 bits per heavy atom. The molecule has 0 spiro atoms. The van der Waals surface area contributed by atoms with Crippen LogP contribution >= 0.6 is 12.6 Å². The fourth-order valence-electron chi connectivity index (χ4n) is 2.24. The molecule has 0 aromatic heterocycles. The van der Waals surface area contributed by atoms with E-state index in [9.17, 15) is 29.1 Å². The lowest BCUT2D eigenvalue weighted by molar-refractivity contribution is -0.143. The quantitative estimate of drug-likeness (QED) is 0.133. The van der Waals surface area contributed by atoms with Crippen molar-refractivity contribution >= 4 is 42.3 Å². The van der Waals surface area contributed by atoms with E-state index in [1.54, 1.807) is 6.92 Å². The van der Waals surface area contributed by atoms with E-state index in [1.807, 2.05) is 6.92 Å². The molecule has 0 fully saturated rings. The van der Waals surface area contributed by atoms with E-state index in [0.29, 0.717) is 6.42 Å². The molecule has 13 heteroatoms. The Morgan fingerprint density at radius 3 is 1.87 bits per heavy atom. The maximum absolute atomic E-state index is 12.3. The molecule has 0 saturated carbocycles. The molecule has 5 atom stereocenters. The van der Waals surface area contributed by atoms with Gasteiger partial charge in [-0.25, -0.2) is 4.79 Å². The Bertz CT molecular complexity index is 633. The minimum Gasteiger partial charge on any atom is -0.481 e. The molecule has 0 aromatic carbocycles. The van der Waals surface area contributed by atoms with Crippen LogP contribution in [0.4, 0.5) is 0 Å². The number of amides is 3. The number of aliphatic hydroxyl groups is 1. The average Bonchev–Trinajstić information content (AvgIpc) is 2.70. The molecule has 0 aromatic rings. The monoisotopic (exact) mass is 450 g/mol. The number of carboxylic acid groups (broad SMARTS) is 2. The highest BCUT2D eigenvalue weighted by Gasteiger charge is 2.30. The highest BCUT2D eigenvalue weighted by molar-refractivity contribution is 7.80. The highest BCUT2D eigenvalue weighted by Crippen LogP contribution is 2.06. The molecule has 5 unspecified atom stereocenters. The first-order valence-corrected chi connectivity index (χ1v) is 9.94. The number of nitrogens with two attached hydrogens (primary N) is 1. The number of rotatable bonds is 14. The minimum atomic E-state index is -1.48. The second-order valence-electron chi connectivity index (χ2n) is 6.73. The summed E-state index contributed by atoms with van der Waals surface area (Å²) in [7, 11) is 0. The summed E-state index contributed by atoms with van der Waals surface area (Å²) >= 11 is 3.94. The number of nitrogens with one attached hydrogen (secondary N) is 3. The summed E-state index contributed by atoms with van der Waals surface area (Å²) in [6.07, 6.45) is -0.213.